The van der Waals surface area contributed by atoms with E-state index in [-0.39, 0.29) is 18.2 Å². The number of rotatable bonds is 1. The van der Waals surface area contributed by atoms with Crippen molar-refractivity contribution in [2.24, 2.45) is 0 Å². The first-order valence-corrected chi connectivity index (χ1v) is 9.66. The highest BCUT2D eigenvalue weighted by molar-refractivity contribution is 7.68. The molecule has 4 rings (SSSR count). The monoisotopic (exact) mass is 318 g/mol. The van der Waals surface area contributed by atoms with E-state index in [4.69, 9.17) is 0 Å². The van der Waals surface area contributed by atoms with Gasteiger partial charge in [0.2, 0.25) is 0 Å². The van der Waals surface area contributed by atoms with Crippen molar-refractivity contribution in [3.05, 3.63) is 77.9 Å². The highest BCUT2D eigenvalue weighted by Gasteiger charge is 2.48. The van der Waals surface area contributed by atoms with Crippen molar-refractivity contribution >= 4 is 24.0 Å². The predicted molar refractivity (Wildman–Crippen MR) is 103 cm³/mol. The van der Waals surface area contributed by atoms with Gasteiger partial charge in [-0.1, -0.05) is 102 Å². The Kier molecular flexibility index (Phi) is 3.19. The predicted octanol–water partition coefficient (Wildman–Crippen LogP) is 6.13. The van der Waals surface area contributed by atoms with Gasteiger partial charge in [0.25, 0.3) is 0 Å². The smallest absolute Gasteiger partial charge is 0.0152 e. The summed E-state index contributed by atoms with van der Waals surface area (Å²) in [5, 5.41) is 4.69. The minimum Gasteiger partial charge on any atom is -0.0622 e. The van der Waals surface area contributed by atoms with E-state index in [1.807, 2.05) is 0 Å². The lowest BCUT2D eigenvalue weighted by molar-refractivity contribution is 0.679. The van der Waals surface area contributed by atoms with Gasteiger partial charge in [-0.15, -0.1) is 0 Å². The van der Waals surface area contributed by atoms with E-state index in [2.05, 4.69) is 94.4 Å². The summed E-state index contributed by atoms with van der Waals surface area (Å²) in [4.78, 5) is 0. The molecule has 0 atom stereocenters. The quantitative estimate of drug-likeness (QED) is 0.473. The molecule has 0 N–H and O–H groups in total. The Bertz CT molecular complexity index is 824. The highest BCUT2D eigenvalue weighted by Crippen LogP contribution is 2.71. The van der Waals surface area contributed by atoms with Gasteiger partial charge in [0.05, 0.1) is 0 Å². The molecule has 1 aliphatic rings. The fourth-order valence-corrected chi connectivity index (χ4v) is 8.54. The standard InChI is InChI=1S/C22H23P/c1-21(2)18-14-8-10-16-11-9-15-19(20(16)18)22(3,4)23(21)17-12-6-5-7-13-17/h5-15H,1-4H3. The average Bonchev–Trinajstić information content (AvgIpc) is 2.53. The summed E-state index contributed by atoms with van der Waals surface area (Å²) < 4.78 is 0. The molecule has 0 bridgehead atoms. The van der Waals surface area contributed by atoms with Crippen LogP contribution in [0.1, 0.15) is 38.8 Å². The molecule has 0 amide bonds. The maximum Gasteiger partial charge on any atom is 0.0152 e. The van der Waals surface area contributed by atoms with Crippen LogP contribution in [0, 0.1) is 0 Å². The Morgan fingerprint density at radius 3 is 1.65 bits per heavy atom. The molecule has 116 valence electrons. The zero-order chi connectivity index (χ0) is 16.2. The van der Waals surface area contributed by atoms with Crippen LogP contribution in [-0.4, -0.2) is 0 Å². The lowest BCUT2D eigenvalue weighted by Gasteiger charge is -2.50. The maximum atomic E-state index is 2.44. The van der Waals surface area contributed by atoms with Crippen LogP contribution in [0.3, 0.4) is 0 Å². The molecule has 3 aromatic carbocycles. The third-order valence-corrected chi connectivity index (χ3v) is 8.89. The lowest BCUT2D eigenvalue weighted by atomic mass is 9.87. The molecule has 23 heavy (non-hydrogen) atoms. The summed E-state index contributed by atoms with van der Waals surface area (Å²) in [6, 6.07) is 24.8. The Hall–Kier alpha value is -1.65. The van der Waals surface area contributed by atoms with Crippen molar-refractivity contribution in [2.75, 3.05) is 0 Å². The molecule has 0 fully saturated rings. The second-order valence-corrected chi connectivity index (χ2v) is 10.9. The molecule has 0 nitrogen and oxygen atoms in total. The normalized spacial score (nSPS) is 19.0. The van der Waals surface area contributed by atoms with Gasteiger partial charge in [0, 0.05) is 10.3 Å². The first-order chi connectivity index (χ1) is 10.9. The van der Waals surface area contributed by atoms with Crippen LogP contribution in [-0.2, 0) is 10.3 Å². The van der Waals surface area contributed by atoms with Crippen molar-refractivity contribution in [1.82, 2.24) is 0 Å². The van der Waals surface area contributed by atoms with Gasteiger partial charge in [0.1, 0.15) is 0 Å². The van der Waals surface area contributed by atoms with Crippen LogP contribution in [0.4, 0.5) is 0 Å². The topological polar surface area (TPSA) is 0 Å². The summed E-state index contributed by atoms with van der Waals surface area (Å²) in [5.74, 6) is 0. The van der Waals surface area contributed by atoms with Crippen molar-refractivity contribution in [3.8, 4) is 0 Å². The van der Waals surface area contributed by atoms with Crippen molar-refractivity contribution < 1.29 is 0 Å². The van der Waals surface area contributed by atoms with Gasteiger partial charge < -0.3 is 0 Å². The van der Waals surface area contributed by atoms with E-state index in [9.17, 15) is 0 Å². The number of hydrogen-bond donors (Lipinski definition) is 0. The van der Waals surface area contributed by atoms with E-state index in [1.165, 1.54) is 27.2 Å². The molecule has 0 aromatic heterocycles. The second kappa shape index (κ2) is 4.92. The van der Waals surface area contributed by atoms with E-state index in [0.717, 1.165) is 0 Å². The summed E-state index contributed by atoms with van der Waals surface area (Å²) in [6.45, 7) is 9.77. The third kappa shape index (κ3) is 2.01. The number of hydrogen-bond acceptors (Lipinski definition) is 0. The molecule has 3 aromatic rings. The highest BCUT2D eigenvalue weighted by atomic mass is 31.1. The van der Waals surface area contributed by atoms with Crippen LogP contribution in [0.5, 0.6) is 0 Å². The van der Waals surface area contributed by atoms with Gasteiger partial charge >= 0.3 is 0 Å². The first-order valence-electron chi connectivity index (χ1n) is 8.32. The van der Waals surface area contributed by atoms with E-state index < -0.39 is 0 Å². The van der Waals surface area contributed by atoms with Crippen LogP contribution in [0.2, 0.25) is 0 Å². The number of benzene rings is 3. The summed E-state index contributed by atoms with van der Waals surface area (Å²) in [5.41, 5.74) is 3.03. The molecule has 0 radical (unpaired) electrons. The fourth-order valence-electron chi connectivity index (χ4n) is 4.52. The molecule has 0 aliphatic carbocycles. The average molecular weight is 318 g/mol. The first kappa shape index (κ1) is 14.9. The third-order valence-electron chi connectivity index (χ3n) is 5.36. The Balaban J connectivity index is 2.10. The molecular weight excluding hydrogens is 295 g/mol. The largest absolute Gasteiger partial charge is 0.0622 e. The lowest BCUT2D eigenvalue weighted by Crippen LogP contribution is -2.36. The van der Waals surface area contributed by atoms with E-state index >= 15 is 0 Å². The SMILES string of the molecule is CC1(C)c2cccc3cccc(c23)C(C)(C)P1c1ccccc1. The zero-order valence-electron chi connectivity index (χ0n) is 14.3. The maximum absolute atomic E-state index is 2.44. The van der Waals surface area contributed by atoms with Crippen molar-refractivity contribution in [1.29, 1.82) is 0 Å². The Morgan fingerprint density at radius 2 is 1.13 bits per heavy atom. The minimum atomic E-state index is -0.366. The van der Waals surface area contributed by atoms with E-state index in [0.29, 0.717) is 0 Å². The summed E-state index contributed by atoms with van der Waals surface area (Å²) in [6.07, 6.45) is 0. The molecule has 0 saturated heterocycles. The Morgan fingerprint density at radius 1 is 0.609 bits per heavy atom. The second-order valence-electron chi connectivity index (χ2n) is 7.50. The van der Waals surface area contributed by atoms with Gasteiger partial charge in [-0.3, -0.25) is 0 Å². The minimum absolute atomic E-state index is 0.161. The van der Waals surface area contributed by atoms with Crippen LogP contribution in [0.15, 0.2) is 66.7 Å². The van der Waals surface area contributed by atoms with Crippen LogP contribution < -0.4 is 5.30 Å². The summed E-state index contributed by atoms with van der Waals surface area (Å²) in [7, 11) is -0.366. The molecule has 1 heterocycles. The molecular formula is C22H23P. The molecule has 0 unspecified atom stereocenters. The van der Waals surface area contributed by atoms with Crippen LogP contribution >= 0.6 is 7.92 Å². The zero-order valence-corrected chi connectivity index (χ0v) is 15.2. The van der Waals surface area contributed by atoms with Gasteiger partial charge in [0.15, 0.2) is 0 Å². The van der Waals surface area contributed by atoms with Crippen molar-refractivity contribution in [3.63, 3.8) is 0 Å². The van der Waals surface area contributed by atoms with Gasteiger partial charge in [-0.25, -0.2) is 0 Å². The van der Waals surface area contributed by atoms with Gasteiger partial charge in [-0.05, 0) is 27.2 Å². The van der Waals surface area contributed by atoms with Crippen molar-refractivity contribution in [2.45, 2.75) is 38.0 Å². The molecule has 0 spiro atoms. The Labute approximate surface area is 140 Å². The fraction of sp³-hybridized carbons (Fsp3) is 0.273. The molecule has 1 aliphatic heterocycles. The summed E-state index contributed by atoms with van der Waals surface area (Å²) >= 11 is 0. The van der Waals surface area contributed by atoms with E-state index in [1.54, 1.807) is 0 Å². The molecule has 0 saturated carbocycles. The van der Waals surface area contributed by atoms with Gasteiger partial charge in [-0.2, -0.15) is 0 Å². The molecule has 1 heteroatoms. The van der Waals surface area contributed by atoms with Crippen LogP contribution in [0.25, 0.3) is 10.8 Å².